The van der Waals surface area contributed by atoms with Gasteiger partial charge in [-0.15, -0.1) is 0 Å². The first kappa shape index (κ1) is 10.4. The number of aliphatic hydroxyl groups is 1. The minimum atomic E-state index is -0.0768. The van der Waals surface area contributed by atoms with Gasteiger partial charge >= 0.3 is 0 Å². The Morgan fingerprint density at radius 2 is 2.00 bits per heavy atom. The third-order valence-corrected chi connectivity index (χ3v) is 3.99. The first-order valence-corrected chi connectivity index (χ1v) is 6.21. The second-order valence-electron chi connectivity index (χ2n) is 5.19. The number of furan rings is 1. The first-order valence-electron chi connectivity index (χ1n) is 6.21. The molecule has 1 aromatic rings. The minimum absolute atomic E-state index is 0.0768. The van der Waals surface area contributed by atoms with Crippen LogP contribution < -0.4 is 0 Å². The van der Waals surface area contributed by atoms with Crippen molar-refractivity contribution in [3.8, 4) is 0 Å². The van der Waals surface area contributed by atoms with E-state index in [1.165, 1.54) is 12.8 Å². The van der Waals surface area contributed by atoms with Crippen LogP contribution >= 0.6 is 0 Å². The van der Waals surface area contributed by atoms with E-state index in [9.17, 15) is 5.11 Å². The fourth-order valence-corrected chi connectivity index (χ4v) is 3.25. The van der Waals surface area contributed by atoms with Crippen molar-refractivity contribution < 1.29 is 9.52 Å². The molecule has 2 unspecified atom stereocenters. The predicted molar refractivity (Wildman–Crippen MR) is 61.0 cm³/mol. The van der Waals surface area contributed by atoms with E-state index < -0.39 is 0 Å². The summed E-state index contributed by atoms with van der Waals surface area (Å²) in [7, 11) is 0. The SMILES string of the molecule is Cc1ccc(CN2C3CCC2CC(O)C3)o1. The molecule has 0 radical (unpaired) electrons. The quantitative estimate of drug-likeness (QED) is 0.830. The second-order valence-corrected chi connectivity index (χ2v) is 5.19. The Bertz CT molecular complexity index is 360. The molecule has 3 rings (SSSR count). The topological polar surface area (TPSA) is 36.6 Å². The molecule has 0 aromatic carbocycles. The van der Waals surface area contributed by atoms with Crippen LogP contribution in [-0.2, 0) is 6.54 Å². The maximum Gasteiger partial charge on any atom is 0.118 e. The lowest BCUT2D eigenvalue weighted by Crippen LogP contribution is -2.43. The zero-order valence-electron chi connectivity index (χ0n) is 9.72. The van der Waals surface area contributed by atoms with E-state index in [1.54, 1.807) is 0 Å². The molecule has 2 bridgehead atoms. The highest BCUT2D eigenvalue weighted by Gasteiger charge is 2.40. The van der Waals surface area contributed by atoms with E-state index in [2.05, 4.69) is 11.0 Å². The molecule has 0 amide bonds. The first-order chi connectivity index (χ1) is 7.72. The number of rotatable bonds is 2. The van der Waals surface area contributed by atoms with Crippen LogP contribution in [0.25, 0.3) is 0 Å². The standard InChI is InChI=1S/C13H19NO2/c1-9-2-5-13(16-9)8-14-10-3-4-11(14)7-12(15)6-10/h2,5,10-12,15H,3-4,6-8H2,1H3. The summed E-state index contributed by atoms with van der Waals surface area (Å²) < 4.78 is 5.63. The smallest absolute Gasteiger partial charge is 0.118 e. The molecule has 16 heavy (non-hydrogen) atoms. The van der Waals surface area contributed by atoms with Crippen molar-refractivity contribution in [1.82, 2.24) is 4.90 Å². The summed E-state index contributed by atoms with van der Waals surface area (Å²) in [6.45, 7) is 2.90. The van der Waals surface area contributed by atoms with E-state index in [4.69, 9.17) is 4.42 Å². The Labute approximate surface area is 96.1 Å². The average Bonchev–Trinajstić information content (AvgIpc) is 2.72. The van der Waals surface area contributed by atoms with Gasteiger partial charge in [0.25, 0.3) is 0 Å². The molecule has 3 nitrogen and oxygen atoms in total. The van der Waals surface area contributed by atoms with E-state index in [1.807, 2.05) is 13.0 Å². The van der Waals surface area contributed by atoms with Crippen molar-refractivity contribution in [2.75, 3.05) is 0 Å². The molecule has 3 heterocycles. The normalized spacial score (nSPS) is 34.5. The van der Waals surface area contributed by atoms with Crippen LogP contribution in [0.2, 0.25) is 0 Å². The number of hydrogen-bond acceptors (Lipinski definition) is 3. The lowest BCUT2D eigenvalue weighted by atomic mass is 10.00. The highest BCUT2D eigenvalue weighted by atomic mass is 16.3. The van der Waals surface area contributed by atoms with Gasteiger partial charge in [-0.1, -0.05) is 0 Å². The van der Waals surface area contributed by atoms with Gasteiger partial charge in [0.15, 0.2) is 0 Å². The largest absolute Gasteiger partial charge is 0.465 e. The highest BCUT2D eigenvalue weighted by Crippen LogP contribution is 2.36. The van der Waals surface area contributed by atoms with E-state index in [0.717, 1.165) is 30.9 Å². The summed E-state index contributed by atoms with van der Waals surface area (Å²) in [5.41, 5.74) is 0. The summed E-state index contributed by atoms with van der Waals surface area (Å²) in [5.74, 6) is 2.05. The Kier molecular flexibility index (Phi) is 2.52. The summed E-state index contributed by atoms with van der Waals surface area (Å²) in [6, 6.07) is 5.23. The van der Waals surface area contributed by atoms with Gasteiger partial charge in [-0.2, -0.15) is 0 Å². The number of fused-ring (bicyclic) bond motifs is 2. The van der Waals surface area contributed by atoms with E-state index >= 15 is 0 Å². The number of aliphatic hydroxyl groups excluding tert-OH is 1. The van der Waals surface area contributed by atoms with Crippen LogP contribution in [0.1, 0.15) is 37.2 Å². The number of nitrogens with zero attached hydrogens (tertiary/aromatic N) is 1. The third-order valence-electron chi connectivity index (χ3n) is 3.99. The fourth-order valence-electron chi connectivity index (χ4n) is 3.25. The third kappa shape index (κ3) is 1.78. The van der Waals surface area contributed by atoms with Gasteiger partial charge < -0.3 is 9.52 Å². The van der Waals surface area contributed by atoms with Crippen molar-refractivity contribution in [3.05, 3.63) is 23.7 Å². The maximum absolute atomic E-state index is 9.73. The van der Waals surface area contributed by atoms with Crippen LogP contribution in [0.4, 0.5) is 0 Å². The zero-order chi connectivity index (χ0) is 11.1. The van der Waals surface area contributed by atoms with Crippen molar-refractivity contribution in [2.45, 2.75) is 57.3 Å². The molecule has 3 heteroatoms. The Morgan fingerprint density at radius 3 is 2.56 bits per heavy atom. The molecule has 2 fully saturated rings. The van der Waals surface area contributed by atoms with Gasteiger partial charge in [0.1, 0.15) is 11.5 Å². The van der Waals surface area contributed by atoms with Gasteiger partial charge in [0.2, 0.25) is 0 Å². The Balaban J connectivity index is 1.72. The monoisotopic (exact) mass is 221 g/mol. The van der Waals surface area contributed by atoms with Crippen LogP contribution in [0.5, 0.6) is 0 Å². The average molecular weight is 221 g/mol. The molecule has 1 aromatic heterocycles. The second kappa shape index (κ2) is 3.90. The van der Waals surface area contributed by atoms with Crippen molar-refractivity contribution >= 4 is 0 Å². The van der Waals surface area contributed by atoms with Crippen LogP contribution in [0.15, 0.2) is 16.5 Å². The summed E-state index contributed by atoms with van der Waals surface area (Å²) >= 11 is 0. The highest BCUT2D eigenvalue weighted by molar-refractivity contribution is 5.07. The lowest BCUT2D eigenvalue weighted by Gasteiger charge is -2.36. The number of hydrogen-bond donors (Lipinski definition) is 1. The van der Waals surface area contributed by atoms with E-state index in [0.29, 0.717) is 12.1 Å². The predicted octanol–water partition coefficient (Wildman–Crippen LogP) is 2.08. The molecule has 2 saturated heterocycles. The molecule has 0 saturated carbocycles. The summed E-state index contributed by atoms with van der Waals surface area (Å²) in [6.07, 6.45) is 4.28. The van der Waals surface area contributed by atoms with Gasteiger partial charge in [-0.05, 0) is 44.7 Å². The van der Waals surface area contributed by atoms with Gasteiger partial charge in [-0.3, -0.25) is 4.90 Å². The molecule has 2 atom stereocenters. The Morgan fingerprint density at radius 1 is 1.31 bits per heavy atom. The lowest BCUT2D eigenvalue weighted by molar-refractivity contribution is 0.0274. The van der Waals surface area contributed by atoms with Crippen LogP contribution in [-0.4, -0.2) is 28.2 Å². The molecule has 0 aliphatic carbocycles. The molecule has 1 N–H and O–H groups in total. The van der Waals surface area contributed by atoms with Crippen LogP contribution in [0, 0.1) is 6.92 Å². The van der Waals surface area contributed by atoms with Crippen molar-refractivity contribution in [2.24, 2.45) is 0 Å². The fraction of sp³-hybridized carbons (Fsp3) is 0.692. The summed E-state index contributed by atoms with van der Waals surface area (Å²) in [4.78, 5) is 2.52. The molecule has 2 aliphatic rings. The molecular formula is C13H19NO2. The molecular weight excluding hydrogens is 202 g/mol. The van der Waals surface area contributed by atoms with Crippen molar-refractivity contribution in [1.29, 1.82) is 0 Å². The van der Waals surface area contributed by atoms with E-state index in [-0.39, 0.29) is 6.10 Å². The van der Waals surface area contributed by atoms with Crippen molar-refractivity contribution in [3.63, 3.8) is 0 Å². The van der Waals surface area contributed by atoms with Crippen LogP contribution in [0.3, 0.4) is 0 Å². The number of piperidine rings is 1. The van der Waals surface area contributed by atoms with Gasteiger partial charge in [-0.25, -0.2) is 0 Å². The number of aryl methyl sites for hydroxylation is 1. The Hall–Kier alpha value is -0.800. The molecule has 88 valence electrons. The van der Waals surface area contributed by atoms with Gasteiger partial charge in [0, 0.05) is 12.1 Å². The zero-order valence-corrected chi connectivity index (χ0v) is 9.72. The minimum Gasteiger partial charge on any atom is -0.465 e. The maximum atomic E-state index is 9.73. The molecule has 0 spiro atoms. The van der Waals surface area contributed by atoms with Gasteiger partial charge in [0.05, 0.1) is 12.6 Å². The molecule has 2 aliphatic heterocycles. The summed E-state index contributed by atoms with van der Waals surface area (Å²) in [5, 5.41) is 9.73.